The van der Waals surface area contributed by atoms with E-state index in [1.807, 2.05) is 12.1 Å². The number of nitrogens with one attached hydrogen (secondary N) is 1. The van der Waals surface area contributed by atoms with Crippen molar-refractivity contribution < 1.29 is 14.7 Å². The zero-order valence-electron chi connectivity index (χ0n) is 11.4. The second kappa shape index (κ2) is 5.83. The summed E-state index contributed by atoms with van der Waals surface area (Å²) in [6.07, 6.45) is 2.57. The fraction of sp³-hybridized carbons (Fsp3) is 0.467. The quantitative estimate of drug-likeness (QED) is 0.848. The Kier molecular flexibility index (Phi) is 4.33. The van der Waals surface area contributed by atoms with E-state index in [-0.39, 0.29) is 18.2 Å². The van der Waals surface area contributed by atoms with Gasteiger partial charge in [-0.15, -0.1) is 0 Å². The van der Waals surface area contributed by atoms with Crippen molar-refractivity contribution in [1.29, 1.82) is 0 Å². The van der Waals surface area contributed by atoms with Gasteiger partial charge in [-0.25, -0.2) is 4.79 Å². The number of hydrogen-bond donors (Lipinski definition) is 2. The molecule has 0 aliphatic heterocycles. The van der Waals surface area contributed by atoms with Crippen LogP contribution in [-0.2, 0) is 16.0 Å². The molecule has 0 radical (unpaired) electrons. The minimum atomic E-state index is -1.13. The van der Waals surface area contributed by atoms with Crippen LogP contribution in [0.15, 0.2) is 24.3 Å². The molecule has 1 saturated carbocycles. The molecule has 20 heavy (non-hydrogen) atoms. The van der Waals surface area contributed by atoms with Gasteiger partial charge in [0, 0.05) is 11.4 Å². The predicted molar refractivity (Wildman–Crippen MR) is 76.7 cm³/mol. The summed E-state index contributed by atoms with van der Waals surface area (Å²) in [6.45, 7) is 1.59. The summed E-state index contributed by atoms with van der Waals surface area (Å²) in [5, 5.41) is 12.6. The summed E-state index contributed by atoms with van der Waals surface area (Å²) in [5.74, 6) is -1.13. The number of aliphatic carboxylic acids is 1. The zero-order valence-corrected chi connectivity index (χ0v) is 12.1. The molecular weight excluding hydrogens is 278 g/mol. The Balaban J connectivity index is 1.88. The first kappa shape index (κ1) is 14.9. The second-order valence-electron chi connectivity index (χ2n) is 5.46. The molecule has 0 saturated heterocycles. The lowest BCUT2D eigenvalue weighted by molar-refractivity contribution is -0.147. The zero-order chi connectivity index (χ0) is 14.8. The Morgan fingerprint density at radius 2 is 1.95 bits per heavy atom. The first-order chi connectivity index (χ1) is 9.41. The normalized spacial score (nSPS) is 17.3. The highest BCUT2D eigenvalue weighted by Gasteiger charge is 2.48. The molecule has 1 aromatic rings. The maximum Gasteiger partial charge on any atom is 0.329 e. The molecule has 4 nitrogen and oxygen atoms in total. The number of carboxylic acids is 1. The van der Waals surface area contributed by atoms with E-state index in [9.17, 15) is 14.7 Å². The van der Waals surface area contributed by atoms with Crippen molar-refractivity contribution in [3.05, 3.63) is 34.9 Å². The first-order valence-electron chi connectivity index (χ1n) is 6.70. The minimum Gasteiger partial charge on any atom is -0.480 e. The molecule has 1 unspecified atom stereocenters. The maximum atomic E-state index is 11.9. The molecule has 2 rings (SSSR count). The van der Waals surface area contributed by atoms with Crippen molar-refractivity contribution in [1.82, 2.24) is 5.32 Å². The Morgan fingerprint density at radius 1 is 1.35 bits per heavy atom. The van der Waals surface area contributed by atoms with Crippen LogP contribution in [0.1, 0.15) is 31.7 Å². The van der Waals surface area contributed by atoms with Crippen LogP contribution in [0.25, 0.3) is 0 Å². The summed E-state index contributed by atoms with van der Waals surface area (Å²) in [5.41, 5.74) is -0.120. The van der Waals surface area contributed by atoms with E-state index in [4.69, 9.17) is 11.6 Å². The Labute approximate surface area is 123 Å². The van der Waals surface area contributed by atoms with Crippen molar-refractivity contribution in [3.8, 4) is 0 Å². The van der Waals surface area contributed by atoms with Gasteiger partial charge >= 0.3 is 5.97 Å². The number of aryl methyl sites for hydroxylation is 1. The van der Waals surface area contributed by atoms with Crippen LogP contribution >= 0.6 is 11.6 Å². The average Bonchev–Trinajstić information content (AvgIpc) is 3.22. The third-order valence-corrected chi connectivity index (χ3v) is 4.04. The molecule has 5 heteroatoms. The van der Waals surface area contributed by atoms with Crippen LogP contribution in [-0.4, -0.2) is 22.5 Å². The smallest absolute Gasteiger partial charge is 0.329 e. The van der Waals surface area contributed by atoms with Gasteiger partial charge in [0.25, 0.3) is 0 Å². The van der Waals surface area contributed by atoms with Gasteiger partial charge in [-0.3, -0.25) is 4.79 Å². The van der Waals surface area contributed by atoms with E-state index in [2.05, 4.69) is 5.32 Å². The van der Waals surface area contributed by atoms with Crippen LogP contribution in [0.2, 0.25) is 5.02 Å². The van der Waals surface area contributed by atoms with Gasteiger partial charge in [0.05, 0.1) is 0 Å². The van der Waals surface area contributed by atoms with Gasteiger partial charge in [0.15, 0.2) is 0 Å². The van der Waals surface area contributed by atoms with Crippen molar-refractivity contribution in [3.63, 3.8) is 0 Å². The fourth-order valence-corrected chi connectivity index (χ4v) is 2.38. The summed E-state index contributed by atoms with van der Waals surface area (Å²) >= 11 is 5.79. The molecule has 1 fully saturated rings. The highest BCUT2D eigenvalue weighted by Crippen LogP contribution is 2.39. The number of benzene rings is 1. The lowest BCUT2D eigenvalue weighted by Crippen LogP contribution is -2.54. The molecule has 0 heterocycles. The second-order valence-corrected chi connectivity index (χ2v) is 5.89. The molecule has 0 bridgehead atoms. The lowest BCUT2D eigenvalue weighted by atomic mass is 9.95. The number of carboxylic acid groups (broad SMARTS) is 1. The Hall–Kier alpha value is -1.55. The van der Waals surface area contributed by atoms with E-state index in [1.54, 1.807) is 19.1 Å². The first-order valence-corrected chi connectivity index (χ1v) is 7.08. The summed E-state index contributed by atoms with van der Waals surface area (Å²) in [7, 11) is 0. The van der Waals surface area contributed by atoms with Crippen molar-refractivity contribution in [2.24, 2.45) is 5.92 Å². The molecule has 1 aliphatic rings. The Bertz CT molecular complexity index is 510. The van der Waals surface area contributed by atoms with Crippen LogP contribution in [0.5, 0.6) is 0 Å². The molecule has 1 amide bonds. The van der Waals surface area contributed by atoms with Crippen molar-refractivity contribution in [2.75, 3.05) is 0 Å². The monoisotopic (exact) mass is 295 g/mol. The number of carbonyl (C=O) groups is 2. The molecule has 108 valence electrons. The van der Waals surface area contributed by atoms with E-state index in [0.717, 1.165) is 18.4 Å². The van der Waals surface area contributed by atoms with Gasteiger partial charge in [-0.05, 0) is 49.8 Å². The van der Waals surface area contributed by atoms with Crippen LogP contribution in [0, 0.1) is 5.92 Å². The third-order valence-electron chi connectivity index (χ3n) is 3.79. The Morgan fingerprint density at radius 3 is 2.45 bits per heavy atom. The van der Waals surface area contributed by atoms with E-state index in [0.29, 0.717) is 11.4 Å². The highest BCUT2D eigenvalue weighted by molar-refractivity contribution is 6.30. The lowest BCUT2D eigenvalue weighted by Gasteiger charge is -2.26. The molecule has 2 N–H and O–H groups in total. The van der Waals surface area contributed by atoms with Gasteiger partial charge in [0.2, 0.25) is 5.91 Å². The number of hydrogen-bond acceptors (Lipinski definition) is 2. The number of halogens is 1. The van der Waals surface area contributed by atoms with E-state index >= 15 is 0 Å². The molecular formula is C15H18ClNO3. The SMILES string of the molecule is CC(NC(=O)CCc1ccc(Cl)cc1)(C(=O)O)C1CC1. The minimum absolute atomic E-state index is 0.0551. The van der Waals surface area contributed by atoms with E-state index in [1.165, 1.54) is 0 Å². The maximum absolute atomic E-state index is 11.9. The van der Waals surface area contributed by atoms with Crippen LogP contribution < -0.4 is 5.32 Å². The number of carbonyl (C=O) groups excluding carboxylic acids is 1. The summed E-state index contributed by atoms with van der Waals surface area (Å²) in [6, 6.07) is 7.29. The highest BCUT2D eigenvalue weighted by atomic mass is 35.5. The number of amides is 1. The van der Waals surface area contributed by atoms with Crippen LogP contribution in [0.3, 0.4) is 0 Å². The third kappa shape index (κ3) is 3.51. The molecule has 0 aromatic heterocycles. The van der Waals surface area contributed by atoms with Gasteiger partial charge < -0.3 is 10.4 Å². The topological polar surface area (TPSA) is 66.4 Å². The van der Waals surface area contributed by atoms with Gasteiger partial charge in [-0.1, -0.05) is 23.7 Å². The molecule has 1 aromatic carbocycles. The van der Waals surface area contributed by atoms with Crippen molar-refractivity contribution >= 4 is 23.5 Å². The van der Waals surface area contributed by atoms with Crippen LogP contribution in [0.4, 0.5) is 0 Å². The fourth-order valence-electron chi connectivity index (χ4n) is 2.25. The standard InChI is InChI=1S/C15H18ClNO3/c1-15(14(19)20,11-5-6-11)17-13(18)9-4-10-2-7-12(16)8-3-10/h2-3,7-8,11H,4-6,9H2,1H3,(H,17,18)(H,19,20). The largest absolute Gasteiger partial charge is 0.480 e. The van der Waals surface area contributed by atoms with Crippen molar-refractivity contribution in [2.45, 2.75) is 38.1 Å². The van der Waals surface area contributed by atoms with Gasteiger partial charge in [0.1, 0.15) is 5.54 Å². The van der Waals surface area contributed by atoms with Gasteiger partial charge in [-0.2, -0.15) is 0 Å². The molecule has 0 spiro atoms. The average molecular weight is 296 g/mol. The van der Waals surface area contributed by atoms with E-state index < -0.39 is 11.5 Å². The summed E-state index contributed by atoms with van der Waals surface area (Å²) in [4.78, 5) is 23.3. The summed E-state index contributed by atoms with van der Waals surface area (Å²) < 4.78 is 0. The molecule has 1 aliphatic carbocycles. The number of rotatable bonds is 6. The predicted octanol–water partition coefficient (Wildman–Crippen LogP) is 2.64. The molecule has 1 atom stereocenters.